The van der Waals surface area contributed by atoms with Crippen LogP contribution in [0.15, 0.2) is 54.6 Å². The molecule has 2 aromatic carbocycles. The van der Waals surface area contributed by atoms with Crippen LogP contribution in [0.3, 0.4) is 0 Å². The minimum Gasteiger partial charge on any atom is -0.343 e. The van der Waals surface area contributed by atoms with E-state index >= 15 is 0 Å². The summed E-state index contributed by atoms with van der Waals surface area (Å²) < 4.78 is 2.29. The number of likely N-dealkylation sites (tertiary alicyclic amines) is 1. The van der Waals surface area contributed by atoms with Crippen LogP contribution in [0.4, 0.5) is 0 Å². The zero-order valence-electron chi connectivity index (χ0n) is 16.7. The normalized spacial score (nSPS) is 14.9. The molecule has 2 amide bonds. The Morgan fingerprint density at radius 1 is 1.03 bits per heavy atom. The fourth-order valence-corrected chi connectivity index (χ4v) is 4.01. The van der Waals surface area contributed by atoms with E-state index < -0.39 is 0 Å². The first-order valence-electron chi connectivity index (χ1n) is 10.1. The lowest BCUT2D eigenvalue weighted by atomic mass is 9.96. The fraction of sp³-hybridized carbons (Fsp3) is 0.348. The molecule has 1 N–H and O–H groups in total. The molecule has 1 aromatic heterocycles. The van der Waals surface area contributed by atoms with Crippen molar-refractivity contribution in [1.29, 1.82) is 0 Å². The Kier molecular flexibility index (Phi) is 5.60. The highest BCUT2D eigenvalue weighted by Crippen LogP contribution is 2.23. The molecule has 0 atom stereocenters. The van der Waals surface area contributed by atoms with Gasteiger partial charge in [0.15, 0.2) is 0 Å². The molecular formula is C23H26N4O2. The largest absolute Gasteiger partial charge is 0.343 e. The van der Waals surface area contributed by atoms with Gasteiger partial charge in [0.1, 0.15) is 5.82 Å². The lowest BCUT2D eigenvalue weighted by Crippen LogP contribution is -2.44. The van der Waals surface area contributed by atoms with Gasteiger partial charge in [0.25, 0.3) is 5.91 Å². The summed E-state index contributed by atoms with van der Waals surface area (Å²) in [6.45, 7) is 4.49. The minimum atomic E-state index is -0.212. The van der Waals surface area contributed by atoms with Gasteiger partial charge in [-0.2, -0.15) is 0 Å². The summed E-state index contributed by atoms with van der Waals surface area (Å²) in [5, 5.41) is 2.73. The van der Waals surface area contributed by atoms with E-state index in [1.165, 1.54) is 5.52 Å². The van der Waals surface area contributed by atoms with E-state index in [1.54, 1.807) is 12.1 Å². The molecule has 1 fully saturated rings. The van der Waals surface area contributed by atoms with Crippen LogP contribution in [0, 0.1) is 12.8 Å². The number of fused-ring (bicyclic) bond motifs is 1. The quantitative estimate of drug-likeness (QED) is 0.728. The number of aromatic nitrogens is 2. The lowest BCUT2D eigenvalue weighted by Gasteiger charge is -2.32. The summed E-state index contributed by atoms with van der Waals surface area (Å²) in [4.78, 5) is 31.1. The van der Waals surface area contributed by atoms with Crippen molar-refractivity contribution in [1.82, 2.24) is 19.8 Å². The number of carbonyl (C=O) groups is 2. The van der Waals surface area contributed by atoms with Crippen LogP contribution in [0.2, 0.25) is 0 Å². The number of benzene rings is 2. The first kappa shape index (κ1) is 19.2. The molecule has 2 heterocycles. The van der Waals surface area contributed by atoms with Gasteiger partial charge in [-0.15, -0.1) is 0 Å². The highest BCUT2D eigenvalue weighted by Gasteiger charge is 2.24. The Balaban J connectivity index is 1.28. The first-order valence-corrected chi connectivity index (χ1v) is 10.1. The van der Waals surface area contributed by atoms with Gasteiger partial charge in [0.2, 0.25) is 5.91 Å². The van der Waals surface area contributed by atoms with Crippen molar-refractivity contribution in [2.45, 2.75) is 26.3 Å². The van der Waals surface area contributed by atoms with E-state index in [9.17, 15) is 9.59 Å². The highest BCUT2D eigenvalue weighted by molar-refractivity contribution is 5.96. The van der Waals surface area contributed by atoms with Crippen LogP contribution >= 0.6 is 0 Å². The SMILES string of the molecule is Cc1nc2ccccc2n1CC1CCN(C(=O)CNC(=O)c2ccccc2)CC1. The number of piperidine rings is 1. The number of rotatable bonds is 5. The number of imidazole rings is 1. The Bertz CT molecular complexity index is 1000. The van der Waals surface area contributed by atoms with E-state index in [4.69, 9.17) is 0 Å². The van der Waals surface area contributed by atoms with Crippen LogP contribution < -0.4 is 5.32 Å². The number of nitrogens with zero attached hydrogens (tertiary/aromatic N) is 3. The van der Waals surface area contributed by atoms with Crippen molar-refractivity contribution >= 4 is 22.8 Å². The summed E-state index contributed by atoms with van der Waals surface area (Å²) in [5.74, 6) is 1.33. The highest BCUT2D eigenvalue weighted by atomic mass is 16.2. The molecule has 29 heavy (non-hydrogen) atoms. The third-order valence-electron chi connectivity index (χ3n) is 5.69. The van der Waals surface area contributed by atoms with Crippen molar-refractivity contribution in [2.75, 3.05) is 19.6 Å². The molecule has 150 valence electrons. The van der Waals surface area contributed by atoms with Crippen molar-refractivity contribution in [3.05, 3.63) is 66.0 Å². The molecule has 0 spiro atoms. The number of aryl methyl sites for hydroxylation is 1. The van der Waals surface area contributed by atoms with Crippen LogP contribution in [-0.4, -0.2) is 45.9 Å². The number of amides is 2. The maximum atomic E-state index is 12.5. The van der Waals surface area contributed by atoms with E-state index in [1.807, 2.05) is 48.2 Å². The second-order valence-electron chi connectivity index (χ2n) is 7.63. The molecule has 0 radical (unpaired) electrons. The van der Waals surface area contributed by atoms with Crippen LogP contribution in [0.1, 0.15) is 29.0 Å². The topological polar surface area (TPSA) is 67.2 Å². The molecule has 6 heteroatoms. The van der Waals surface area contributed by atoms with Crippen molar-refractivity contribution < 1.29 is 9.59 Å². The maximum absolute atomic E-state index is 12.5. The van der Waals surface area contributed by atoms with Gasteiger partial charge in [-0.1, -0.05) is 30.3 Å². The third kappa shape index (κ3) is 4.31. The molecule has 3 aromatic rings. The molecule has 6 nitrogen and oxygen atoms in total. The Labute approximate surface area is 170 Å². The van der Waals surface area contributed by atoms with E-state index in [0.29, 0.717) is 11.5 Å². The van der Waals surface area contributed by atoms with Gasteiger partial charge in [-0.3, -0.25) is 9.59 Å². The monoisotopic (exact) mass is 390 g/mol. The van der Waals surface area contributed by atoms with Gasteiger partial charge >= 0.3 is 0 Å². The van der Waals surface area contributed by atoms with E-state index in [2.05, 4.69) is 20.9 Å². The van der Waals surface area contributed by atoms with Gasteiger partial charge in [-0.25, -0.2) is 4.98 Å². The van der Waals surface area contributed by atoms with Crippen molar-refractivity contribution in [3.8, 4) is 0 Å². The summed E-state index contributed by atoms with van der Waals surface area (Å²) in [6.07, 6.45) is 1.93. The summed E-state index contributed by atoms with van der Waals surface area (Å²) in [5.41, 5.74) is 2.78. The molecule has 1 aliphatic heterocycles. The zero-order chi connectivity index (χ0) is 20.2. The van der Waals surface area contributed by atoms with Crippen LogP contribution in [0.5, 0.6) is 0 Å². The molecule has 4 rings (SSSR count). The van der Waals surface area contributed by atoms with Crippen molar-refractivity contribution in [3.63, 3.8) is 0 Å². The molecule has 1 saturated heterocycles. The molecule has 0 saturated carbocycles. The van der Waals surface area contributed by atoms with Crippen LogP contribution in [-0.2, 0) is 11.3 Å². The van der Waals surface area contributed by atoms with Crippen LogP contribution in [0.25, 0.3) is 11.0 Å². The molecule has 0 aliphatic carbocycles. The third-order valence-corrected chi connectivity index (χ3v) is 5.69. The first-order chi connectivity index (χ1) is 14.1. The van der Waals surface area contributed by atoms with E-state index in [-0.39, 0.29) is 18.4 Å². The Morgan fingerprint density at radius 3 is 2.48 bits per heavy atom. The Morgan fingerprint density at radius 2 is 1.72 bits per heavy atom. The smallest absolute Gasteiger partial charge is 0.251 e. The van der Waals surface area contributed by atoms with Gasteiger partial charge in [0.05, 0.1) is 17.6 Å². The van der Waals surface area contributed by atoms with Gasteiger partial charge in [-0.05, 0) is 49.9 Å². The molecular weight excluding hydrogens is 364 g/mol. The maximum Gasteiger partial charge on any atom is 0.251 e. The lowest BCUT2D eigenvalue weighted by molar-refractivity contribution is -0.131. The van der Waals surface area contributed by atoms with Crippen molar-refractivity contribution in [2.24, 2.45) is 5.92 Å². The number of carbonyl (C=O) groups excluding carboxylic acids is 2. The van der Waals surface area contributed by atoms with Gasteiger partial charge in [0, 0.05) is 25.2 Å². The predicted octanol–water partition coefficient (Wildman–Crippen LogP) is 3.01. The van der Waals surface area contributed by atoms with Gasteiger partial charge < -0.3 is 14.8 Å². The molecule has 0 bridgehead atoms. The summed E-state index contributed by atoms with van der Waals surface area (Å²) in [6, 6.07) is 17.2. The number of para-hydroxylation sites is 2. The standard InChI is InChI=1S/C23H26N4O2/c1-17-25-20-9-5-6-10-21(20)27(17)16-18-11-13-26(14-12-18)22(28)15-24-23(29)19-7-3-2-4-8-19/h2-10,18H,11-16H2,1H3,(H,24,29). The second kappa shape index (κ2) is 8.47. The number of hydrogen-bond donors (Lipinski definition) is 1. The molecule has 1 aliphatic rings. The Hall–Kier alpha value is -3.15. The predicted molar refractivity (Wildman–Crippen MR) is 113 cm³/mol. The summed E-state index contributed by atoms with van der Waals surface area (Å²) >= 11 is 0. The second-order valence-corrected chi connectivity index (χ2v) is 7.63. The fourth-order valence-electron chi connectivity index (χ4n) is 4.01. The average molecular weight is 390 g/mol. The number of hydrogen-bond acceptors (Lipinski definition) is 3. The summed E-state index contributed by atoms with van der Waals surface area (Å²) in [7, 11) is 0. The molecule has 0 unspecified atom stereocenters. The average Bonchev–Trinajstić information content (AvgIpc) is 3.08. The minimum absolute atomic E-state index is 0.0167. The zero-order valence-corrected chi connectivity index (χ0v) is 16.7. The van der Waals surface area contributed by atoms with E-state index in [0.717, 1.165) is 43.8 Å². The number of nitrogens with one attached hydrogen (secondary N) is 1.